The van der Waals surface area contributed by atoms with Crippen molar-refractivity contribution < 1.29 is 4.79 Å². The summed E-state index contributed by atoms with van der Waals surface area (Å²) in [7, 11) is 3.69. The minimum atomic E-state index is -0.265. The molecule has 0 fully saturated rings. The van der Waals surface area contributed by atoms with Crippen molar-refractivity contribution in [3.8, 4) is 0 Å². The second-order valence-corrected chi connectivity index (χ2v) is 5.06. The van der Waals surface area contributed by atoms with Gasteiger partial charge in [0.1, 0.15) is 10.7 Å². The quantitative estimate of drug-likeness (QED) is 0.877. The van der Waals surface area contributed by atoms with E-state index in [1.54, 1.807) is 24.1 Å². The van der Waals surface area contributed by atoms with Crippen LogP contribution in [0.3, 0.4) is 0 Å². The van der Waals surface area contributed by atoms with E-state index in [4.69, 9.17) is 5.73 Å². The molecule has 0 saturated heterocycles. The summed E-state index contributed by atoms with van der Waals surface area (Å²) >= 11 is 1.28. The predicted molar refractivity (Wildman–Crippen MR) is 76.6 cm³/mol. The molecule has 0 aliphatic heterocycles. The number of thiazole rings is 1. The number of amides is 1. The number of carbonyl (C=O) groups excluding carboxylic acids is 1. The summed E-state index contributed by atoms with van der Waals surface area (Å²) in [6.45, 7) is 2.81. The molecule has 102 valence electrons. The van der Waals surface area contributed by atoms with Crippen LogP contribution in [0.1, 0.15) is 16.6 Å². The van der Waals surface area contributed by atoms with Gasteiger partial charge in [-0.2, -0.15) is 5.10 Å². The van der Waals surface area contributed by atoms with Crippen LogP contribution in [0.2, 0.25) is 0 Å². The maximum atomic E-state index is 12.1. The van der Waals surface area contributed by atoms with Crippen molar-refractivity contribution in [2.75, 3.05) is 29.5 Å². The molecule has 0 aromatic carbocycles. The molecule has 2 rings (SSSR count). The zero-order valence-corrected chi connectivity index (χ0v) is 11.9. The fraction of sp³-hybridized carbons (Fsp3) is 0.364. The average Bonchev–Trinajstić information content (AvgIpc) is 2.94. The summed E-state index contributed by atoms with van der Waals surface area (Å²) in [6.07, 6.45) is 3.29. The maximum Gasteiger partial charge on any atom is 0.269 e. The Hall–Kier alpha value is -2.09. The van der Waals surface area contributed by atoms with Gasteiger partial charge in [0, 0.05) is 26.8 Å². The Labute approximate surface area is 115 Å². The van der Waals surface area contributed by atoms with Gasteiger partial charge in [-0.1, -0.05) is 11.3 Å². The first kappa shape index (κ1) is 13.3. The van der Waals surface area contributed by atoms with Crippen LogP contribution in [0.4, 0.5) is 16.6 Å². The summed E-state index contributed by atoms with van der Waals surface area (Å²) in [5.74, 6) is -0.0135. The molecule has 0 bridgehead atoms. The normalized spacial score (nSPS) is 10.5. The first-order valence-electron chi connectivity index (χ1n) is 5.78. The Bertz CT molecular complexity index is 590. The Morgan fingerprint density at radius 2 is 2.37 bits per heavy atom. The van der Waals surface area contributed by atoms with Crippen molar-refractivity contribution in [3.63, 3.8) is 0 Å². The molecule has 0 aliphatic rings. The van der Waals surface area contributed by atoms with Gasteiger partial charge in [0.2, 0.25) is 0 Å². The Balaban J connectivity index is 2.17. The number of hydrogen-bond acceptors (Lipinski definition) is 6. The van der Waals surface area contributed by atoms with Gasteiger partial charge in [0.05, 0.1) is 11.9 Å². The zero-order chi connectivity index (χ0) is 14.0. The Kier molecular flexibility index (Phi) is 3.70. The molecular weight excluding hydrogens is 264 g/mol. The highest BCUT2D eigenvalue weighted by atomic mass is 32.1. The summed E-state index contributed by atoms with van der Waals surface area (Å²) in [5.41, 5.74) is 6.41. The summed E-state index contributed by atoms with van der Waals surface area (Å²) in [6, 6.07) is 0. The van der Waals surface area contributed by atoms with Crippen LogP contribution in [0, 0.1) is 0 Å². The van der Waals surface area contributed by atoms with E-state index in [2.05, 4.69) is 15.4 Å². The van der Waals surface area contributed by atoms with Crippen LogP contribution >= 0.6 is 11.3 Å². The van der Waals surface area contributed by atoms with Gasteiger partial charge in [-0.25, -0.2) is 4.98 Å². The van der Waals surface area contributed by atoms with Crippen LogP contribution in [0.15, 0.2) is 12.4 Å². The van der Waals surface area contributed by atoms with Crippen molar-refractivity contribution >= 4 is 33.9 Å². The molecule has 0 saturated carbocycles. The van der Waals surface area contributed by atoms with E-state index in [0.717, 1.165) is 11.7 Å². The smallest absolute Gasteiger partial charge is 0.269 e. The van der Waals surface area contributed by atoms with E-state index in [0.29, 0.717) is 10.6 Å². The first-order valence-corrected chi connectivity index (χ1v) is 6.60. The largest absolute Gasteiger partial charge is 0.382 e. The Morgan fingerprint density at radius 1 is 1.63 bits per heavy atom. The number of nitrogens with two attached hydrogens (primary N) is 1. The number of nitrogens with one attached hydrogen (secondary N) is 1. The molecule has 0 aliphatic carbocycles. The molecule has 2 aromatic rings. The molecule has 8 heteroatoms. The minimum Gasteiger partial charge on any atom is -0.382 e. The molecule has 0 atom stereocenters. The number of nitrogen functional groups attached to an aromatic ring is 1. The lowest BCUT2D eigenvalue weighted by Gasteiger charge is -2.10. The van der Waals surface area contributed by atoms with Crippen molar-refractivity contribution in [1.29, 1.82) is 0 Å². The third kappa shape index (κ3) is 2.84. The van der Waals surface area contributed by atoms with Crippen LogP contribution in [0.5, 0.6) is 0 Å². The second-order valence-electron chi connectivity index (χ2n) is 4.08. The highest BCUT2D eigenvalue weighted by Crippen LogP contribution is 2.27. The molecule has 19 heavy (non-hydrogen) atoms. The SMILES string of the molecule is CCN(C)c1nc(N)c(C(=O)Nc2cnn(C)c2)s1. The molecule has 1 amide bonds. The Morgan fingerprint density at radius 3 is 2.95 bits per heavy atom. The number of carbonyl (C=O) groups is 1. The average molecular weight is 280 g/mol. The van der Waals surface area contributed by atoms with Gasteiger partial charge in [-0.3, -0.25) is 9.48 Å². The van der Waals surface area contributed by atoms with Gasteiger partial charge in [0.25, 0.3) is 5.91 Å². The first-order chi connectivity index (χ1) is 9.01. The van der Waals surface area contributed by atoms with E-state index >= 15 is 0 Å². The topological polar surface area (TPSA) is 89.1 Å². The highest BCUT2D eigenvalue weighted by molar-refractivity contribution is 7.18. The molecule has 2 aromatic heterocycles. The van der Waals surface area contributed by atoms with E-state index in [-0.39, 0.29) is 11.7 Å². The molecule has 0 unspecified atom stereocenters. The second kappa shape index (κ2) is 5.27. The third-order valence-corrected chi connectivity index (χ3v) is 3.80. The van der Waals surface area contributed by atoms with Crippen LogP contribution in [0.25, 0.3) is 0 Å². The number of rotatable bonds is 4. The maximum absolute atomic E-state index is 12.1. The van der Waals surface area contributed by atoms with E-state index < -0.39 is 0 Å². The molecule has 0 spiro atoms. The number of aromatic nitrogens is 3. The van der Waals surface area contributed by atoms with Crippen LogP contribution in [-0.2, 0) is 7.05 Å². The highest BCUT2D eigenvalue weighted by Gasteiger charge is 2.18. The lowest BCUT2D eigenvalue weighted by Crippen LogP contribution is -2.15. The van der Waals surface area contributed by atoms with Gasteiger partial charge < -0.3 is 16.0 Å². The number of aryl methyl sites for hydroxylation is 1. The molecule has 3 N–H and O–H groups in total. The number of anilines is 3. The van der Waals surface area contributed by atoms with Gasteiger partial charge >= 0.3 is 0 Å². The minimum absolute atomic E-state index is 0.252. The monoisotopic (exact) mass is 280 g/mol. The van der Waals surface area contributed by atoms with Crippen LogP contribution < -0.4 is 16.0 Å². The number of nitrogens with zero attached hydrogens (tertiary/aromatic N) is 4. The van der Waals surface area contributed by atoms with E-state index in [9.17, 15) is 4.79 Å². The molecule has 2 heterocycles. The molecular formula is C11H16N6OS. The molecule has 0 radical (unpaired) electrons. The summed E-state index contributed by atoms with van der Waals surface area (Å²) in [5, 5.41) is 7.46. The standard InChI is InChI=1S/C11H16N6OS/c1-4-16(2)11-15-9(12)8(19-11)10(18)14-7-5-13-17(3)6-7/h5-6H,4,12H2,1-3H3,(H,14,18). The summed E-state index contributed by atoms with van der Waals surface area (Å²) < 4.78 is 1.61. The fourth-order valence-corrected chi connectivity index (χ4v) is 2.36. The van der Waals surface area contributed by atoms with Crippen molar-refractivity contribution in [2.45, 2.75) is 6.92 Å². The van der Waals surface area contributed by atoms with Gasteiger partial charge in [-0.15, -0.1) is 0 Å². The third-order valence-electron chi connectivity index (χ3n) is 2.61. The zero-order valence-electron chi connectivity index (χ0n) is 11.0. The fourth-order valence-electron chi connectivity index (χ4n) is 1.46. The predicted octanol–water partition coefficient (Wildman–Crippen LogP) is 1.17. The van der Waals surface area contributed by atoms with E-state index in [1.807, 2.05) is 18.9 Å². The van der Waals surface area contributed by atoms with Crippen molar-refractivity contribution in [1.82, 2.24) is 14.8 Å². The van der Waals surface area contributed by atoms with Gasteiger partial charge in [0.15, 0.2) is 5.13 Å². The van der Waals surface area contributed by atoms with Gasteiger partial charge in [-0.05, 0) is 6.92 Å². The van der Waals surface area contributed by atoms with Crippen molar-refractivity contribution in [3.05, 3.63) is 17.3 Å². The van der Waals surface area contributed by atoms with E-state index in [1.165, 1.54) is 11.3 Å². The lowest BCUT2D eigenvalue weighted by atomic mass is 10.4. The molecule has 7 nitrogen and oxygen atoms in total. The lowest BCUT2D eigenvalue weighted by molar-refractivity contribution is 0.103. The van der Waals surface area contributed by atoms with Crippen molar-refractivity contribution in [2.24, 2.45) is 7.05 Å². The number of hydrogen-bond donors (Lipinski definition) is 2. The van der Waals surface area contributed by atoms with Crippen LogP contribution in [-0.4, -0.2) is 34.3 Å². The summed E-state index contributed by atoms with van der Waals surface area (Å²) in [4.78, 5) is 18.6.